The fourth-order valence-corrected chi connectivity index (χ4v) is 4.88. The van der Waals surface area contributed by atoms with Crippen LogP contribution in [0.1, 0.15) is 36.9 Å². The van der Waals surface area contributed by atoms with Gasteiger partial charge in [-0.25, -0.2) is 0 Å². The van der Waals surface area contributed by atoms with E-state index in [1.807, 2.05) is 29.2 Å². The second-order valence-corrected chi connectivity index (χ2v) is 8.71. The number of methoxy groups -OCH3 is 1. The Kier molecular flexibility index (Phi) is 7.88. The van der Waals surface area contributed by atoms with Crippen molar-refractivity contribution in [3.8, 4) is 5.75 Å². The number of hydrogen-bond donors (Lipinski definition) is 0. The molecule has 8 heteroatoms. The predicted molar refractivity (Wildman–Crippen MR) is 126 cm³/mol. The van der Waals surface area contributed by atoms with Gasteiger partial charge in [0.1, 0.15) is 18.6 Å². The number of piperidine rings is 2. The number of amides is 1. The van der Waals surface area contributed by atoms with Crippen molar-refractivity contribution in [1.29, 1.82) is 0 Å². The topological polar surface area (TPSA) is 80.2 Å². The van der Waals surface area contributed by atoms with Crippen molar-refractivity contribution in [3.63, 3.8) is 0 Å². The van der Waals surface area contributed by atoms with Gasteiger partial charge in [0.15, 0.2) is 0 Å². The summed E-state index contributed by atoms with van der Waals surface area (Å²) >= 11 is 0. The molecule has 0 spiro atoms. The second kappa shape index (κ2) is 11.2. The zero-order valence-corrected chi connectivity index (χ0v) is 19.5. The van der Waals surface area contributed by atoms with Gasteiger partial charge in [-0.2, -0.15) is 0 Å². The third-order valence-electron chi connectivity index (χ3n) is 6.73. The highest BCUT2D eigenvalue weighted by molar-refractivity contribution is 6.00. The first-order chi connectivity index (χ1) is 16.2. The van der Waals surface area contributed by atoms with Crippen molar-refractivity contribution in [2.24, 2.45) is 17.0 Å². The molecule has 0 aliphatic carbocycles. The molecule has 1 amide bonds. The minimum atomic E-state index is 0.111. The van der Waals surface area contributed by atoms with Crippen LogP contribution in [0.2, 0.25) is 0 Å². The summed E-state index contributed by atoms with van der Waals surface area (Å²) in [7, 11) is 3.24. The minimum Gasteiger partial charge on any atom is -0.495 e. The Morgan fingerprint density at radius 3 is 2.45 bits per heavy atom. The normalized spacial score (nSPS) is 18.8. The molecule has 8 nitrogen and oxygen atoms in total. The smallest absolute Gasteiger partial charge is 0.225 e. The van der Waals surface area contributed by atoms with Gasteiger partial charge in [-0.05, 0) is 57.0 Å². The lowest BCUT2D eigenvalue weighted by atomic mass is 9.88. The molecule has 0 unspecified atom stereocenters. The van der Waals surface area contributed by atoms with E-state index in [0.717, 1.165) is 81.1 Å². The summed E-state index contributed by atoms with van der Waals surface area (Å²) in [4.78, 5) is 31.3. The molecule has 176 valence electrons. The van der Waals surface area contributed by atoms with E-state index in [0.29, 0.717) is 5.91 Å². The van der Waals surface area contributed by atoms with Crippen LogP contribution in [0.25, 0.3) is 0 Å². The van der Waals surface area contributed by atoms with Crippen LogP contribution < -0.4 is 4.74 Å². The molecule has 2 aromatic rings. The lowest BCUT2D eigenvalue weighted by Crippen LogP contribution is -2.46. The highest BCUT2D eigenvalue weighted by Gasteiger charge is 2.33. The van der Waals surface area contributed by atoms with E-state index in [4.69, 9.17) is 9.57 Å². The highest BCUT2D eigenvalue weighted by Crippen LogP contribution is 2.27. The van der Waals surface area contributed by atoms with Gasteiger partial charge in [0.2, 0.25) is 5.91 Å². The molecule has 4 rings (SSSR count). The number of pyridine rings is 2. The van der Waals surface area contributed by atoms with Crippen molar-refractivity contribution in [2.45, 2.75) is 32.2 Å². The van der Waals surface area contributed by atoms with E-state index in [2.05, 4.69) is 20.0 Å². The van der Waals surface area contributed by atoms with Gasteiger partial charge in [0.25, 0.3) is 0 Å². The molecule has 4 heterocycles. The van der Waals surface area contributed by atoms with E-state index >= 15 is 0 Å². The Bertz CT molecular complexity index is 936. The first kappa shape index (κ1) is 23.2. The maximum atomic E-state index is 13.2. The molecule has 0 N–H and O–H groups in total. The Morgan fingerprint density at radius 2 is 1.79 bits per heavy atom. The fourth-order valence-electron chi connectivity index (χ4n) is 4.88. The minimum absolute atomic E-state index is 0.111. The molecule has 2 aromatic heterocycles. The van der Waals surface area contributed by atoms with E-state index in [1.165, 1.54) is 0 Å². The van der Waals surface area contributed by atoms with Gasteiger partial charge in [-0.1, -0.05) is 11.2 Å². The Morgan fingerprint density at radius 1 is 1.03 bits per heavy atom. The van der Waals surface area contributed by atoms with Crippen molar-refractivity contribution >= 4 is 11.6 Å². The summed E-state index contributed by atoms with van der Waals surface area (Å²) in [5.41, 5.74) is 2.87. The summed E-state index contributed by atoms with van der Waals surface area (Å²) in [5, 5.41) is 4.27. The third-order valence-corrected chi connectivity index (χ3v) is 6.73. The quantitative estimate of drug-likeness (QED) is 0.476. The summed E-state index contributed by atoms with van der Waals surface area (Å²) in [6.07, 6.45) is 8.89. The van der Waals surface area contributed by atoms with Gasteiger partial charge in [0.05, 0.1) is 19.0 Å². The van der Waals surface area contributed by atoms with E-state index in [9.17, 15) is 4.79 Å². The molecule has 2 aliphatic rings. The molecule has 0 saturated carbocycles. The maximum absolute atomic E-state index is 13.2. The van der Waals surface area contributed by atoms with Gasteiger partial charge in [-0.3, -0.25) is 19.7 Å². The highest BCUT2D eigenvalue weighted by atomic mass is 16.6. The van der Waals surface area contributed by atoms with Crippen molar-refractivity contribution in [2.75, 3.05) is 40.4 Å². The molecule has 0 radical (unpaired) electrons. The molecular weight excluding hydrogens is 418 g/mol. The Labute approximate surface area is 195 Å². The van der Waals surface area contributed by atoms with Crippen LogP contribution in [-0.4, -0.2) is 71.8 Å². The lowest BCUT2D eigenvalue weighted by molar-refractivity contribution is -0.138. The summed E-state index contributed by atoms with van der Waals surface area (Å²) in [6.45, 7) is 4.18. The van der Waals surface area contributed by atoms with E-state index in [1.54, 1.807) is 32.8 Å². The SMILES string of the molecule is CO/N=C(\c1ccccn1)C1CCN(C(=O)C2CCN(Cc3ccncc3OC)CC2)CC1. The maximum Gasteiger partial charge on any atom is 0.225 e. The number of carbonyl (C=O) groups is 1. The Balaban J connectivity index is 1.28. The first-order valence-corrected chi connectivity index (χ1v) is 11.7. The number of carbonyl (C=O) groups excluding carboxylic acids is 1. The zero-order valence-electron chi connectivity index (χ0n) is 19.5. The first-order valence-electron chi connectivity index (χ1n) is 11.7. The van der Waals surface area contributed by atoms with Gasteiger partial charge < -0.3 is 14.5 Å². The zero-order chi connectivity index (χ0) is 23.0. The largest absolute Gasteiger partial charge is 0.495 e. The molecule has 0 aromatic carbocycles. The number of ether oxygens (including phenoxy) is 1. The van der Waals surface area contributed by atoms with Crippen molar-refractivity contribution < 1.29 is 14.4 Å². The fraction of sp³-hybridized carbons (Fsp3) is 0.520. The van der Waals surface area contributed by atoms with Crippen LogP contribution in [0.4, 0.5) is 0 Å². The van der Waals surface area contributed by atoms with Crippen molar-refractivity contribution in [3.05, 3.63) is 54.1 Å². The summed E-state index contributed by atoms with van der Waals surface area (Å²) in [6, 6.07) is 7.83. The molecule has 33 heavy (non-hydrogen) atoms. The van der Waals surface area contributed by atoms with Gasteiger partial charge in [0, 0.05) is 49.4 Å². The molecule has 0 bridgehead atoms. The van der Waals surface area contributed by atoms with Crippen LogP contribution in [0.3, 0.4) is 0 Å². The number of hydrogen-bond acceptors (Lipinski definition) is 7. The third kappa shape index (κ3) is 5.68. The van der Waals surface area contributed by atoms with E-state index in [-0.39, 0.29) is 11.8 Å². The standard InChI is InChI=1S/C25H33N5O3/c1-32-23-17-26-12-6-21(23)18-29-13-7-20(8-14-29)25(31)30-15-9-19(10-16-30)24(28-33-2)22-5-3-4-11-27-22/h3-6,11-12,17,19-20H,7-10,13-16,18H2,1-2H3/b28-24-. The molecule has 0 atom stereocenters. The van der Waals surface area contributed by atoms with Crippen molar-refractivity contribution in [1.82, 2.24) is 19.8 Å². The second-order valence-electron chi connectivity index (χ2n) is 8.71. The van der Waals surface area contributed by atoms with Crippen LogP contribution >= 0.6 is 0 Å². The molecule has 2 fully saturated rings. The number of oxime groups is 1. The monoisotopic (exact) mass is 451 g/mol. The van der Waals surface area contributed by atoms with Crippen LogP contribution in [0, 0.1) is 11.8 Å². The number of nitrogens with zero attached hydrogens (tertiary/aromatic N) is 5. The van der Waals surface area contributed by atoms with Crippen LogP contribution in [0.15, 0.2) is 48.0 Å². The lowest BCUT2D eigenvalue weighted by Gasteiger charge is -2.37. The predicted octanol–water partition coefficient (Wildman–Crippen LogP) is 2.99. The number of rotatable bonds is 7. The van der Waals surface area contributed by atoms with Crippen LogP contribution in [0.5, 0.6) is 5.75 Å². The number of aromatic nitrogens is 2. The Hall–Kier alpha value is -3.00. The molecular formula is C25H33N5O3. The summed E-state index contributed by atoms with van der Waals surface area (Å²) < 4.78 is 5.42. The average molecular weight is 452 g/mol. The van der Waals surface area contributed by atoms with Crippen LogP contribution in [-0.2, 0) is 16.2 Å². The van der Waals surface area contributed by atoms with E-state index < -0.39 is 0 Å². The summed E-state index contributed by atoms with van der Waals surface area (Å²) in [5.74, 6) is 1.49. The average Bonchev–Trinajstić information content (AvgIpc) is 2.88. The van der Waals surface area contributed by atoms with Gasteiger partial charge >= 0.3 is 0 Å². The molecule has 2 saturated heterocycles. The van der Waals surface area contributed by atoms with Gasteiger partial charge in [-0.15, -0.1) is 0 Å². The number of likely N-dealkylation sites (tertiary alicyclic amines) is 2. The molecule has 2 aliphatic heterocycles.